The molecule has 1 saturated heterocycles. The van der Waals surface area contributed by atoms with Crippen LogP contribution in [0.3, 0.4) is 0 Å². The first-order valence-corrected chi connectivity index (χ1v) is 11.5. The Hall–Kier alpha value is -2.20. The van der Waals surface area contributed by atoms with E-state index in [-0.39, 0.29) is 16.4 Å². The van der Waals surface area contributed by atoms with Gasteiger partial charge in [-0.1, -0.05) is 0 Å². The molecule has 1 aliphatic heterocycles. The van der Waals surface area contributed by atoms with Gasteiger partial charge in [0, 0.05) is 0 Å². The van der Waals surface area contributed by atoms with Crippen LogP contribution < -0.4 is 10.1 Å². The van der Waals surface area contributed by atoms with Gasteiger partial charge >= 0.3 is 0 Å². The zero-order valence-electron chi connectivity index (χ0n) is 17.1. The lowest BCUT2D eigenvalue weighted by Gasteiger charge is -2.29. The number of aromatic nitrogens is 3. The number of hydrogen-bond donors (Lipinski definition) is 1. The van der Waals surface area contributed by atoms with Crippen LogP contribution in [0.2, 0.25) is 0 Å². The molecule has 0 radical (unpaired) electrons. The molecule has 154 valence electrons. The highest BCUT2D eigenvalue weighted by atomic mass is 32.2. The summed E-state index contributed by atoms with van der Waals surface area (Å²) in [5.74, 6) is 1.21. The van der Waals surface area contributed by atoms with Crippen LogP contribution in [0.1, 0.15) is 36.9 Å². The van der Waals surface area contributed by atoms with Crippen molar-refractivity contribution in [3.63, 3.8) is 0 Å². The SMILES string of the molecule is BN1CCC(Oc2ncnc(Nc3ccc(S(=O)(=O)C4CC4)nc3C)c2C)CC1. The first kappa shape index (κ1) is 20.1. The second-order valence-electron chi connectivity index (χ2n) is 7.92. The Balaban J connectivity index is 1.51. The molecule has 0 aromatic carbocycles. The van der Waals surface area contributed by atoms with Gasteiger partial charge in [-0.25, -0.2) is 23.4 Å². The van der Waals surface area contributed by atoms with E-state index in [4.69, 9.17) is 4.74 Å². The first-order valence-electron chi connectivity index (χ1n) is 10.00. The van der Waals surface area contributed by atoms with Crippen molar-refractivity contribution < 1.29 is 13.2 Å². The van der Waals surface area contributed by atoms with Gasteiger partial charge in [-0.15, -0.1) is 0 Å². The topological polar surface area (TPSA) is 97.3 Å². The van der Waals surface area contributed by atoms with E-state index in [1.807, 2.05) is 6.92 Å². The van der Waals surface area contributed by atoms with Crippen LogP contribution in [0.5, 0.6) is 5.88 Å². The molecule has 2 aromatic rings. The lowest BCUT2D eigenvalue weighted by atomic mass is 10.0. The molecule has 2 aromatic heterocycles. The van der Waals surface area contributed by atoms with Crippen molar-refractivity contribution in [1.29, 1.82) is 0 Å². The molecule has 10 heteroatoms. The lowest BCUT2D eigenvalue weighted by molar-refractivity contribution is 0.130. The molecule has 1 saturated carbocycles. The molecule has 0 amide bonds. The summed E-state index contributed by atoms with van der Waals surface area (Å²) in [6.45, 7) is 5.74. The number of pyridine rings is 1. The number of nitrogens with one attached hydrogen (secondary N) is 1. The number of ether oxygens (including phenoxy) is 1. The second-order valence-corrected chi connectivity index (χ2v) is 10.1. The summed E-state index contributed by atoms with van der Waals surface area (Å²) >= 11 is 0. The van der Waals surface area contributed by atoms with Gasteiger partial charge < -0.3 is 14.9 Å². The van der Waals surface area contributed by atoms with Gasteiger partial charge in [0.15, 0.2) is 22.8 Å². The van der Waals surface area contributed by atoms with Crippen molar-refractivity contribution >= 4 is 29.3 Å². The van der Waals surface area contributed by atoms with Crippen LogP contribution in [0, 0.1) is 13.8 Å². The van der Waals surface area contributed by atoms with Crippen molar-refractivity contribution in [3.05, 3.63) is 29.7 Å². The quantitative estimate of drug-likeness (QED) is 0.710. The average Bonchev–Trinajstić information content (AvgIpc) is 3.54. The third-order valence-electron chi connectivity index (χ3n) is 5.55. The minimum absolute atomic E-state index is 0.147. The van der Waals surface area contributed by atoms with Crippen LogP contribution in [-0.4, -0.2) is 60.6 Å². The predicted molar refractivity (Wildman–Crippen MR) is 113 cm³/mol. The molecule has 29 heavy (non-hydrogen) atoms. The molecule has 0 spiro atoms. The molecule has 0 atom stereocenters. The zero-order chi connectivity index (χ0) is 20.6. The van der Waals surface area contributed by atoms with Gasteiger partial charge in [-0.05, 0) is 64.8 Å². The normalized spacial score (nSPS) is 18.6. The van der Waals surface area contributed by atoms with Crippen molar-refractivity contribution in [1.82, 2.24) is 19.8 Å². The Labute approximate surface area is 172 Å². The Morgan fingerprint density at radius 1 is 1.14 bits per heavy atom. The smallest absolute Gasteiger partial charge is 0.221 e. The van der Waals surface area contributed by atoms with Gasteiger partial charge in [0.05, 0.1) is 22.2 Å². The van der Waals surface area contributed by atoms with Gasteiger partial charge in [-0.3, -0.25) is 0 Å². The molecule has 2 aliphatic rings. The molecule has 4 rings (SSSR count). The highest BCUT2D eigenvalue weighted by Crippen LogP contribution is 2.34. The summed E-state index contributed by atoms with van der Waals surface area (Å²) in [5.41, 5.74) is 2.15. The van der Waals surface area contributed by atoms with Crippen LogP contribution in [-0.2, 0) is 9.84 Å². The van der Waals surface area contributed by atoms with Crippen LogP contribution in [0.25, 0.3) is 0 Å². The Morgan fingerprint density at radius 3 is 2.52 bits per heavy atom. The number of hydrogen-bond acceptors (Lipinski definition) is 8. The molecule has 2 fully saturated rings. The first-order chi connectivity index (χ1) is 13.8. The van der Waals surface area contributed by atoms with E-state index in [0.29, 0.717) is 23.1 Å². The van der Waals surface area contributed by atoms with Gasteiger partial charge in [0.25, 0.3) is 0 Å². The van der Waals surface area contributed by atoms with E-state index in [9.17, 15) is 8.42 Å². The molecule has 0 unspecified atom stereocenters. The molecular weight excluding hydrogens is 389 g/mol. The standard InChI is InChI=1S/C19H26BN5O3S/c1-12-18(21-11-22-19(12)28-14-7-9-25(20)10-8-14)24-16-5-6-17(23-13(16)2)29(26,27)15-3-4-15/h5-6,11,14-15H,3-4,7-10,20H2,1-2H3,(H,21,22,24). The highest BCUT2D eigenvalue weighted by molar-refractivity contribution is 7.92. The van der Waals surface area contributed by atoms with E-state index in [1.54, 1.807) is 19.1 Å². The Morgan fingerprint density at radius 2 is 1.86 bits per heavy atom. The second kappa shape index (κ2) is 7.91. The fourth-order valence-electron chi connectivity index (χ4n) is 3.44. The number of piperidine rings is 1. The van der Waals surface area contributed by atoms with E-state index >= 15 is 0 Å². The van der Waals surface area contributed by atoms with Crippen LogP contribution in [0.15, 0.2) is 23.5 Å². The molecule has 8 nitrogen and oxygen atoms in total. The van der Waals surface area contributed by atoms with Gasteiger partial charge in [-0.2, -0.15) is 0 Å². The number of rotatable bonds is 6. The summed E-state index contributed by atoms with van der Waals surface area (Å²) in [4.78, 5) is 15.3. The lowest BCUT2D eigenvalue weighted by Crippen LogP contribution is -2.36. The van der Waals surface area contributed by atoms with Crippen LogP contribution in [0.4, 0.5) is 11.5 Å². The fraction of sp³-hybridized carbons (Fsp3) is 0.526. The molecule has 1 aliphatic carbocycles. The molecule has 3 heterocycles. The predicted octanol–water partition coefficient (Wildman–Crippen LogP) is 1.56. The molecular formula is C19H26BN5O3S. The third-order valence-corrected chi connectivity index (χ3v) is 7.71. The molecule has 0 bridgehead atoms. The maximum Gasteiger partial charge on any atom is 0.221 e. The number of aryl methyl sites for hydroxylation is 1. The van der Waals surface area contributed by atoms with Crippen molar-refractivity contribution in [2.24, 2.45) is 0 Å². The summed E-state index contributed by atoms with van der Waals surface area (Å²) in [5, 5.41) is 3.13. The molecule has 1 N–H and O–H groups in total. The van der Waals surface area contributed by atoms with Crippen molar-refractivity contribution in [3.8, 4) is 5.88 Å². The maximum atomic E-state index is 12.4. The number of anilines is 2. The van der Waals surface area contributed by atoms with E-state index in [2.05, 4.69) is 33.1 Å². The number of nitrogens with zero attached hydrogens (tertiary/aromatic N) is 4. The maximum absolute atomic E-state index is 12.4. The largest absolute Gasteiger partial charge is 0.474 e. The average molecular weight is 415 g/mol. The van der Waals surface area contributed by atoms with Crippen molar-refractivity contribution in [2.45, 2.75) is 55.9 Å². The zero-order valence-corrected chi connectivity index (χ0v) is 17.9. The monoisotopic (exact) mass is 415 g/mol. The van der Waals surface area contributed by atoms with E-state index in [0.717, 1.165) is 44.3 Å². The van der Waals surface area contributed by atoms with E-state index < -0.39 is 9.84 Å². The van der Waals surface area contributed by atoms with Gasteiger partial charge in [0.2, 0.25) is 5.88 Å². The minimum Gasteiger partial charge on any atom is -0.474 e. The highest BCUT2D eigenvalue weighted by Gasteiger charge is 2.38. The van der Waals surface area contributed by atoms with E-state index in [1.165, 1.54) is 6.33 Å². The van der Waals surface area contributed by atoms with Gasteiger partial charge in [0.1, 0.15) is 18.2 Å². The summed E-state index contributed by atoms with van der Waals surface area (Å²) in [7, 11) is -1.18. The minimum atomic E-state index is -3.30. The van der Waals surface area contributed by atoms with Crippen LogP contribution >= 0.6 is 0 Å². The Bertz CT molecular complexity index is 1000. The summed E-state index contributed by atoms with van der Waals surface area (Å²) in [6, 6.07) is 3.31. The third kappa shape index (κ3) is 4.38. The summed E-state index contributed by atoms with van der Waals surface area (Å²) < 4.78 is 30.9. The summed E-state index contributed by atoms with van der Waals surface area (Å²) in [6.07, 6.45) is 5.04. The van der Waals surface area contributed by atoms with Crippen molar-refractivity contribution in [2.75, 3.05) is 18.4 Å². The fourth-order valence-corrected chi connectivity index (χ4v) is 5.06. The number of sulfone groups is 1. The Kier molecular flexibility index (Phi) is 5.48.